The Morgan fingerprint density at radius 3 is 2.27 bits per heavy atom. The summed E-state index contributed by atoms with van der Waals surface area (Å²) in [5.41, 5.74) is 0.976. The minimum absolute atomic E-state index is 0.826. The Morgan fingerprint density at radius 1 is 1.20 bits per heavy atom. The molecule has 0 spiro atoms. The van der Waals surface area contributed by atoms with E-state index in [-0.39, 0.29) is 0 Å². The van der Waals surface area contributed by atoms with Gasteiger partial charge in [0.05, 0.1) is 0 Å². The molecular weight excluding hydrogens is 200 g/mol. The molecule has 1 aliphatic rings. The van der Waals surface area contributed by atoms with Gasteiger partial charge in [-0.05, 0) is 30.3 Å². The van der Waals surface area contributed by atoms with E-state index in [0.717, 1.165) is 24.0 Å². The first-order valence-electron chi connectivity index (χ1n) is 6.75. The Bertz CT molecular complexity index is 162. The van der Waals surface area contributed by atoms with Gasteiger partial charge in [0.2, 0.25) is 0 Å². The summed E-state index contributed by atoms with van der Waals surface area (Å²) < 4.78 is 6.07. The molecule has 15 heavy (non-hydrogen) atoms. The molecule has 0 radical (unpaired) electrons. The Hall–Kier alpha value is 0.177. The van der Waals surface area contributed by atoms with Crippen molar-refractivity contribution in [3.63, 3.8) is 0 Å². The molecule has 1 fully saturated rings. The molecule has 0 aromatic heterocycles. The fraction of sp³-hybridized carbons (Fsp3) is 1.00. The zero-order valence-corrected chi connectivity index (χ0v) is 12.1. The van der Waals surface area contributed by atoms with Gasteiger partial charge < -0.3 is 4.43 Å². The standard InChI is InChI=1S/C13H28OSi/c1-5-14-15(10-11(2)3)13-8-6-12(4)7-9-13/h11-13,15H,5-10H2,1-4H3. The molecule has 1 unspecified atom stereocenters. The summed E-state index contributed by atoms with van der Waals surface area (Å²) >= 11 is 0. The van der Waals surface area contributed by atoms with Gasteiger partial charge >= 0.3 is 0 Å². The minimum Gasteiger partial charge on any atom is -0.420 e. The Labute approximate surface area is 97.3 Å². The first kappa shape index (κ1) is 13.2. The first-order chi connectivity index (χ1) is 7.13. The lowest BCUT2D eigenvalue weighted by Gasteiger charge is -2.32. The van der Waals surface area contributed by atoms with Gasteiger partial charge in [0.1, 0.15) is 0 Å². The van der Waals surface area contributed by atoms with Crippen LogP contribution in [0.1, 0.15) is 53.4 Å². The smallest absolute Gasteiger partial charge is 0.180 e. The fourth-order valence-electron chi connectivity index (χ4n) is 2.73. The zero-order chi connectivity index (χ0) is 11.3. The van der Waals surface area contributed by atoms with Crippen LogP contribution >= 0.6 is 0 Å². The van der Waals surface area contributed by atoms with Crippen molar-refractivity contribution in [2.75, 3.05) is 6.61 Å². The second-order valence-electron chi connectivity index (χ2n) is 5.64. The van der Waals surface area contributed by atoms with E-state index in [1.54, 1.807) is 0 Å². The van der Waals surface area contributed by atoms with Crippen LogP contribution in [-0.4, -0.2) is 15.6 Å². The number of hydrogen-bond donors (Lipinski definition) is 0. The van der Waals surface area contributed by atoms with E-state index in [1.165, 1.54) is 31.7 Å². The lowest BCUT2D eigenvalue weighted by atomic mass is 9.90. The summed E-state index contributed by atoms with van der Waals surface area (Å²) in [5.74, 6) is 1.80. The van der Waals surface area contributed by atoms with Crippen molar-refractivity contribution in [3.8, 4) is 0 Å². The Kier molecular flexibility index (Phi) is 5.91. The van der Waals surface area contributed by atoms with Gasteiger partial charge in [0.25, 0.3) is 0 Å². The molecule has 0 aliphatic heterocycles. The topological polar surface area (TPSA) is 9.23 Å². The predicted octanol–water partition coefficient (Wildman–Crippen LogP) is 3.98. The van der Waals surface area contributed by atoms with E-state index in [4.69, 9.17) is 4.43 Å². The van der Waals surface area contributed by atoms with Crippen molar-refractivity contribution >= 4 is 9.04 Å². The molecule has 0 aromatic rings. The summed E-state index contributed by atoms with van der Waals surface area (Å²) in [6.07, 6.45) is 5.79. The van der Waals surface area contributed by atoms with Crippen LogP contribution in [-0.2, 0) is 4.43 Å². The summed E-state index contributed by atoms with van der Waals surface area (Å²) in [5, 5.41) is 0. The molecule has 1 aliphatic carbocycles. The molecule has 1 nitrogen and oxygen atoms in total. The van der Waals surface area contributed by atoms with Gasteiger partial charge in [-0.15, -0.1) is 0 Å². The van der Waals surface area contributed by atoms with Crippen molar-refractivity contribution in [1.29, 1.82) is 0 Å². The normalized spacial score (nSPS) is 29.4. The van der Waals surface area contributed by atoms with E-state index in [9.17, 15) is 0 Å². The van der Waals surface area contributed by atoms with Gasteiger partial charge in [-0.1, -0.05) is 46.5 Å². The van der Waals surface area contributed by atoms with Gasteiger partial charge in [0.15, 0.2) is 9.04 Å². The lowest BCUT2D eigenvalue weighted by Crippen LogP contribution is -2.29. The van der Waals surface area contributed by atoms with Gasteiger partial charge in [-0.3, -0.25) is 0 Å². The number of hydrogen-bond acceptors (Lipinski definition) is 1. The Morgan fingerprint density at radius 2 is 1.80 bits per heavy atom. The molecule has 1 rings (SSSR count). The molecule has 1 saturated carbocycles. The van der Waals surface area contributed by atoms with E-state index >= 15 is 0 Å². The van der Waals surface area contributed by atoms with E-state index in [2.05, 4.69) is 27.7 Å². The molecule has 0 aromatic carbocycles. The van der Waals surface area contributed by atoms with Crippen molar-refractivity contribution in [2.45, 2.75) is 65.0 Å². The molecule has 0 amide bonds. The highest BCUT2D eigenvalue weighted by Crippen LogP contribution is 2.36. The van der Waals surface area contributed by atoms with Gasteiger partial charge in [-0.2, -0.15) is 0 Å². The average molecular weight is 228 g/mol. The van der Waals surface area contributed by atoms with Gasteiger partial charge in [0, 0.05) is 6.61 Å². The third-order valence-corrected chi connectivity index (χ3v) is 7.56. The van der Waals surface area contributed by atoms with E-state index in [0.29, 0.717) is 0 Å². The van der Waals surface area contributed by atoms with Crippen molar-refractivity contribution < 1.29 is 4.43 Å². The highest BCUT2D eigenvalue weighted by Gasteiger charge is 2.28. The van der Waals surface area contributed by atoms with Crippen LogP contribution in [0.15, 0.2) is 0 Å². The van der Waals surface area contributed by atoms with Crippen LogP contribution in [0.4, 0.5) is 0 Å². The fourth-order valence-corrected chi connectivity index (χ4v) is 6.01. The second-order valence-corrected chi connectivity index (χ2v) is 8.47. The molecular formula is C13H28OSi. The monoisotopic (exact) mass is 228 g/mol. The molecule has 0 saturated heterocycles. The zero-order valence-electron chi connectivity index (χ0n) is 11.0. The van der Waals surface area contributed by atoms with Crippen molar-refractivity contribution in [3.05, 3.63) is 0 Å². The molecule has 0 heterocycles. The van der Waals surface area contributed by atoms with Crippen LogP contribution in [0, 0.1) is 11.8 Å². The third kappa shape index (κ3) is 4.69. The van der Waals surface area contributed by atoms with Crippen LogP contribution in [0.25, 0.3) is 0 Å². The summed E-state index contributed by atoms with van der Waals surface area (Å²) in [4.78, 5) is 0. The molecule has 90 valence electrons. The summed E-state index contributed by atoms with van der Waals surface area (Å²) in [7, 11) is -0.900. The third-order valence-electron chi connectivity index (χ3n) is 3.67. The maximum Gasteiger partial charge on any atom is 0.180 e. The van der Waals surface area contributed by atoms with E-state index in [1.807, 2.05) is 0 Å². The van der Waals surface area contributed by atoms with Crippen LogP contribution in [0.5, 0.6) is 0 Å². The highest BCUT2D eigenvalue weighted by molar-refractivity contribution is 6.53. The van der Waals surface area contributed by atoms with Crippen molar-refractivity contribution in [1.82, 2.24) is 0 Å². The summed E-state index contributed by atoms with van der Waals surface area (Å²) in [6.45, 7) is 10.2. The SMILES string of the molecule is CCO[SiH](CC(C)C)C1CCC(C)CC1. The minimum atomic E-state index is -0.900. The first-order valence-corrected chi connectivity index (χ1v) is 8.70. The van der Waals surface area contributed by atoms with Crippen LogP contribution in [0.2, 0.25) is 11.6 Å². The largest absolute Gasteiger partial charge is 0.420 e. The summed E-state index contributed by atoms with van der Waals surface area (Å²) in [6, 6.07) is 1.38. The molecule has 1 atom stereocenters. The van der Waals surface area contributed by atoms with Crippen molar-refractivity contribution in [2.24, 2.45) is 11.8 Å². The van der Waals surface area contributed by atoms with Gasteiger partial charge in [-0.25, -0.2) is 0 Å². The van der Waals surface area contributed by atoms with Crippen LogP contribution < -0.4 is 0 Å². The molecule has 0 N–H and O–H groups in total. The predicted molar refractivity (Wildman–Crippen MR) is 69.8 cm³/mol. The molecule has 2 heteroatoms. The second kappa shape index (κ2) is 6.69. The molecule has 0 bridgehead atoms. The Balaban J connectivity index is 2.40. The highest BCUT2D eigenvalue weighted by atomic mass is 28.3. The van der Waals surface area contributed by atoms with E-state index < -0.39 is 9.04 Å². The quantitative estimate of drug-likeness (QED) is 0.647. The maximum absolute atomic E-state index is 6.07. The van der Waals surface area contributed by atoms with Crippen LogP contribution in [0.3, 0.4) is 0 Å². The maximum atomic E-state index is 6.07. The average Bonchev–Trinajstić information content (AvgIpc) is 2.17. The lowest BCUT2D eigenvalue weighted by molar-refractivity contribution is 0.300. The number of rotatable bonds is 5.